The minimum absolute atomic E-state index is 0.0694. The quantitative estimate of drug-likeness (QED) is 0.498. The molecule has 0 heterocycles. The van der Waals surface area contributed by atoms with Gasteiger partial charge in [-0.1, -0.05) is 37.6 Å². The lowest BCUT2D eigenvalue weighted by Crippen LogP contribution is -2.45. The molecule has 0 aliphatic heterocycles. The van der Waals surface area contributed by atoms with Crippen LogP contribution < -0.4 is 0 Å². The van der Waals surface area contributed by atoms with Gasteiger partial charge in [0.25, 0.3) is 0 Å². The molecular formula is C21H33NO5S. The average molecular weight is 412 g/mol. The lowest BCUT2D eigenvalue weighted by Gasteiger charge is -2.32. The number of nitrogens with zero attached hydrogens (tertiary/aromatic N) is 1. The number of hydrogen-bond acceptors (Lipinski definition) is 5. The highest BCUT2D eigenvalue weighted by molar-refractivity contribution is 7.89. The molecule has 1 rings (SSSR count). The van der Waals surface area contributed by atoms with E-state index in [2.05, 4.69) is 0 Å². The summed E-state index contributed by atoms with van der Waals surface area (Å²) in [7, 11) is -3.78. The third-order valence-corrected chi connectivity index (χ3v) is 6.07. The Morgan fingerprint density at radius 2 is 1.79 bits per heavy atom. The van der Waals surface area contributed by atoms with Gasteiger partial charge in [0.1, 0.15) is 5.60 Å². The smallest absolute Gasteiger partial charge is 0.330 e. The van der Waals surface area contributed by atoms with Gasteiger partial charge in [0.2, 0.25) is 10.0 Å². The summed E-state index contributed by atoms with van der Waals surface area (Å²) in [6, 6.07) is 6.08. The third kappa shape index (κ3) is 7.37. The highest BCUT2D eigenvalue weighted by Crippen LogP contribution is 2.23. The lowest BCUT2D eigenvalue weighted by atomic mass is 10.1. The van der Waals surface area contributed by atoms with Gasteiger partial charge in [0.15, 0.2) is 0 Å². The van der Waals surface area contributed by atoms with Crippen molar-refractivity contribution in [2.24, 2.45) is 5.92 Å². The van der Waals surface area contributed by atoms with Crippen molar-refractivity contribution in [2.45, 2.75) is 64.5 Å². The standard InChI is InChI=1S/C21H33NO5S/c1-16(2)19(15-23)22(14-8-7-9-20(24)27-21(4,5)6)28(25,26)18-12-10-17(3)11-13-18/h7,9-13,16,19,23H,8,14-15H2,1-6H3/b9-7+/t19-/m1/s1. The number of hydrogen-bond donors (Lipinski definition) is 1. The first kappa shape index (κ1) is 24.3. The van der Waals surface area contributed by atoms with Crippen LogP contribution in [0.5, 0.6) is 0 Å². The van der Waals surface area contributed by atoms with Crippen LogP contribution in [-0.4, -0.2) is 48.6 Å². The van der Waals surface area contributed by atoms with Crippen LogP contribution in [0.15, 0.2) is 41.3 Å². The second kappa shape index (κ2) is 10.2. The van der Waals surface area contributed by atoms with Crippen LogP contribution >= 0.6 is 0 Å². The molecule has 6 nitrogen and oxygen atoms in total. The molecule has 1 N–H and O–H groups in total. The van der Waals surface area contributed by atoms with Gasteiger partial charge in [-0.2, -0.15) is 4.31 Å². The summed E-state index contributed by atoms with van der Waals surface area (Å²) in [6.45, 7) is 10.8. The largest absolute Gasteiger partial charge is 0.457 e. The molecule has 1 aromatic carbocycles. The van der Waals surface area contributed by atoms with E-state index < -0.39 is 27.6 Å². The van der Waals surface area contributed by atoms with Crippen molar-refractivity contribution in [3.8, 4) is 0 Å². The fraction of sp³-hybridized carbons (Fsp3) is 0.571. The van der Waals surface area contributed by atoms with Gasteiger partial charge in [-0.25, -0.2) is 13.2 Å². The summed E-state index contributed by atoms with van der Waals surface area (Å²) >= 11 is 0. The Hall–Kier alpha value is -1.70. The van der Waals surface area contributed by atoms with Crippen LogP contribution in [0.2, 0.25) is 0 Å². The van der Waals surface area contributed by atoms with Crippen LogP contribution in [0.4, 0.5) is 0 Å². The van der Waals surface area contributed by atoms with Gasteiger partial charge >= 0.3 is 5.97 Å². The number of aryl methyl sites for hydroxylation is 1. The van der Waals surface area contributed by atoms with Crippen LogP contribution in [0, 0.1) is 12.8 Å². The number of carbonyl (C=O) groups is 1. The molecule has 0 aromatic heterocycles. The molecule has 0 fully saturated rings. The molecule has 0 radical (unpaired) electrons. The second-order valence-electron chi connectivity index (χ2n) is 8.15. The molecule has 0 aliphatic carbocycles. The van der Waals surface area contributed by atoms with Crippen molar-refractivity contribution >= 4 is 16.0 Å². The Morgan fingerprint density at radius 3 is 2.25 bits per heavy atom. The predicted molar refractivity (Wildman–Crippen MR) is 110 cm³/mol. The van der Waals surface area contributed by atoms with E-state index in [0.717, 1.165) is 5.56 Å². The summed E-state index contributed by atoms with van der Waals surface area (Å²) in [4.78, 5) is 12.0. The van der Waals surface area contributed by atoms with Crippen molar-refractivity contribution in [1.29, 1.82) is 0 Å². The number of sulfonamides is 1. The van der Waals surface area contributed by atoms with Crippen molar-refractivity contribution in [2.75, 3.05) is 13.2 Å². The summed E-state index contributed by atoms with van der Waals surface area (Å²) in [5.74, 6) is -0.539. The fourth-order valence-corrected chi connectivity index (χ4v) is 4.42. The van der Waals surface area contributed by atoms with Crippen molar-refractivity contribution in [1.82, 2.24) is 4.31 Å². The molecule has 7 heteroatoms. The molecule has 0 saturated carbocycles. The summed E-state index contributed by atoms with van der Waals surface area (Å²) in [5.41, 5.74) is 0.385. The molecule has 1 atom stereocenters. The number of carbonyl (C=O) groups excluding carboxylic acids is 1. The van der Waals surface area contributed by atoms with E-state index in [1.54, 1.807) is 51.1 Å². The molecule has 158 valence electrons. The Morgan fingerprint density at radius 1 is 1.21 bits per heavy atom. The number of aliphatic hydroxyl groups excluding tert-OH is 1. The molecule has 0 amide bonds. The third-order valence-electron chi connectivity index (χ3n) is 4.13. The van der Waals surface area contributed by atoms with Crippen molar-refractivity contribution < 1.29 is 23.1 Å². The summed E-state index contributed by atoms with van der Waals surface area (Å²) in [6.07, 6.45) is 3.24. The van der Waals surface area contributed by atoms with Gasteiger partial charge < -0.3 is 9.84 Å². The van der Waals surface area contributed by atoms with E-state index in [-0.39, 0.29) is 24.0 Å². The minimum Gasteiger partial charge on any atom is -0.457 e. The first-order valence-corrected chi connectivity index (χ1v) is 10.9. The molecule has 0 bridgehead atoms. The Labute approximate surface area is 169 Å². The number of benzene rings is 1. The van der Waals surface area contributed by atoms with E-state index in [4.69, 9.17) is 4.74 Å². The number of rotatable bonds is 9. The first-order chi connectivity index (χ1) is 12.9. The number of ether oxygens (including phenoxy) is 1. The van der Waals surface area contributed by atoms with E-state index in [1.165, 1.54) is 10.4 Å². The molecule has 0 aliphatic rings. The zero-order chi connectivity index (χ0) is 21.5. The summed E-state index contributed by atoms with van der Waals surface area (Å²) in [5, 5.41) is 9.80. The maximum absolute atomic E-state index is 13.2. The summed E-state index contributed by atoms with van der Waals surface area (Å²) < 4.78 is 32.8. The Kier molecular flexibility index (Phi) is 8.85. The topological polar surface area (TPSA) is 83.9 Å². The maximum Gasteiger partial charge on any atom is 0.330 e. The highest BCUT2D eigenvalue weighted by Gasteiger charge is 2.32. The Balaban J connectivity index is 3.01. The van der Waals surface area contributed by atoms with Crippen molar-refractivity contribution in [3.63, 3.8) is 0 Å². The van der Waals surface area contributed by atoms with Crippen molar-refractivity contribution in [3.05, 3.63) is 42.0 Å². The minimum atomic E-state index is -3.78. The van der Waals surface area contributed by atoms with E-state index in [1.807, 2.05) is 20.8 Å². The first-order valence-electron chi connectivity index (χ1n) is 9.47. The molecule has 1 aromatic rings. The lowest BCUT2D eigenvalue weighted by molar-refractivity contribution is -0.148. The van der Waals surface area contributed by atoms with Crippen LogP contribution in [0.25, 0.3) is 0 Å². The fourth-order valence-electron chi connectivity index (χ4n) is 2.66. The highest BCUT2D eigenvalue weighted by atomic mass is 32.2. The van der Waals surface area contributed by atoms with Crippen LogP contribution in [0.3, 0.4) is 0 Å². The molecule has 0 unspecified atom stereocenters. The van der Waals surface area contributed by atoms with Gasteiger partial charge in [0, 0.05) is 12.6 Å². The SMILES string of the molecule is Cc1ccc(S(=O)(=O)N(CC/C=C/C(=O)OC(C)(C)C)[C@H](CO)C(C)C)cc1. The predicted octanol–water partition coefficient (Wildman–Crippen LogP) is 3.29. The molecular weight excluding hydrogens is 378 g/mol. The van der Waals surface area contributed by atoms with Gasteiger partial charge in [0.05, 0.1) is 17.5 Å². The van der Waals surface area contributed by atoms with E-state index in [0.29, 0.717) is 6.42 Å². The number of esters is 1. The zero-order valence-corrected chi connectivity index (χ0v) is 18.5. The van der Waals surface area contributed by atoms with E-state index >= 15 is 0 Å². The van der Waals surface area contributed by atoms with Crippen LogP contribution in [0.1, 0.15) is 46.6 Å². The number of aliphatic hydroxyl groups is 1. The van der Waals surface area contributed by atoms with Gasteiger partial charge in [-0.15, -0.1) is 0 Å². The second-order valence-corrected chi connectivity index (χ2v) is 10.0. The normalized spacial score (nSPS) is 14.0. The average Bonchev–Trinajstić information content (AvgIpc) is 2.56. The maximum atomic E-state index is 13.2. The molecule has 0 saturated heterocycles. The van der Waals surface area contributed by atoms with Gasteiger partial charge in [-0.3, -0.25) is 0 Å². The zero-order valence-electron chi connectivity index (χ0n) is 17.7. The van der Waals surface area contributed by atoms with E-state index in [9.17, 15) is 18.3 Å². The Bertz CT molecular complexity index is 761. The monoisotopic (exact) mass is 411 g/mol. The van der Waals surface area contributed by atoms with Crippen LogP contribution in [-0.2, 0) is 19.6 Å². The molecule has 28 heavy (non-hydrogen) atoms. The molecule has 0 spiro atoms. The van der Waals surface area contributed by atoms with Gasteiger partial charge in [-0.05, 0) is 52.2 Å².